The van der Waals surface area contributed by atoms with Gasteiger partial charge in [-0.3, -0.25) is 0 Å². The highest BCUT2D eigenvalue weighted by Crippen LogP contribution is 2.35. The van der Waals surface area contributed by atoms with Crippen LogP contribution in [0.3, 0.4) is 0 Å². The first kappa shape index (κ1) is 22.3. The van der Waals surface area contributed by atoms with Crippen LogP contribution < -0.4 is 0 Å². The van der Waals surface area contributed by atoms with Gasteiger partial charge in [0.25, 0.3) is 0 Å². The third-order valence-corrected chi connectivity index (χ3v) is 6.66. The third-order valence-electron chi connectivity index (χ3n) is 4.84. The Hall–Kier alpha value is -1.95. The van der Waals surface area contributed by atoms with Crippen LogP contribution >= 0.6 is 0 Å². The zero-order valence-corrected chi connectivity index (χ0v) is 17.6. The normalized spacial score (nSPS) is 15.2. The molecule has 0 aliphatic heterocycles. The Morgan fingerprint density at radius 1 is 1.00 bits per heavy atom. The highest BCUT2D eigenvalue weighted by molar-refractivity contribution is 7.91. The minimum atomic E-state index is -2.98. The van der Waals surface area contributed by atoms with E-state index in [-0.39, 0.29) is 23.0 Å². The van der Waals surface area contributed by atoms with Crippen LogP contribution in [0, 0.1) is 6.42 Å². The predicted molar refractivity (Wildman–Crippen MR) is 113 cm³/mol. The fraction of sp³-hybridized carbons (Fsp3) is 0.500. The molecular weight excluding hydrogens is 376 g/mol. The van der Waals surface area contributed by atoms with Gasteiger partial charge in [-0.1, -0.05) is 31.9 Å². The second-order valence-corrected chi connectivity index (χ2v) is 9.49. The molecule has 0 fully saturated rings. The Morgan fingerprint density at radius 2 is 1.64 bits per heavy atom. The lowest BCUT2D eigenvalue weighted by Crippen LogP contribution is -2.12. The van der Waals surface area contributed by atoms with Gasteiger partial charge in [0.2, 0.25) is 0 Å². The molecule has 2 rings (SSSR count). The topological polar surface area (TPSA) is 83.8 Å². The van der Waals surface area contributed by atoms with E-state index in [0.717, 1.165) is 36.0 Å². The molecule has 1 aliphatic rings. The van der Waals surface area contributed by atoms with Crippen molar-refractivity contribution in [1.29, 1.82) is 0 Å². The number of aliphatic hydroxyl groups is 1. The summed E-state index contributed by atoms with van der Waals surface area (Å²) in [5, 5.41) is 19.7. The number of aromatic hydroxyl groups is 1. The van der Waals surface area contributed by atoms with E-state index in [2.05, 4.69) is 6.92 Å². The van der Waals surface area contributed by atoms with Gasteiger partial charge in [0, 0.05) is 6.42 Å². The number of rotatable bonds is 11. The van der Waals surface area contributed by atoms with Crippen molar-refractivity contribution in [1.82, 2.24) is 0 Å². The molecule has 0 heterocycles. The monoisotopic (exact) mass is 407 g/mol. The van der Waals surface area contributed by atoms with E-state index in [1.54, 1.807) is 12.1 Å². The molecule has 2 N–H and O–H groups in total. The van der Waals surface area contributed by atoms with Gasteiger partial charge >= 0.3 is 0 Å². The molecule has 1 aromatic carbocycles. The molecule has 1 aliphatic carbocycles. The molecule has 1 aromatic rings. The van der Waals surface area contributed by atoms with Crippen LogP contribution in [0.4, 0.5) is 0 Å². The molecule has 0 atom stereocenters. The lowest BCUT2D eigenvalue weighted by Gasteiger charge is -2.22. The summed E-state index contributed by atoms with van der Waals surface area (Å²) in [7, 11) is -2.98. The largest absolute Gasteiger partial charge is 0.508 e. The summed E-state index contributed by atoms with van der Waals surface area (Å²) in [4.78, 5) is 0. The van der Waals surface area contributed by atoms with Crippen molar-refractivity contribution in [2.45, 2.75) is 52.4 Å². The number of aliphatic hydroxyl groups excluding tert-OH is 1. The van der Waals surface area contributed by atoms with E-state index in [0.29, 0.717) is 31.6 Å². The Kier molecular flexibility index (Phi) is 8.42. The maximum Gasteiger partial charge on any atom is 0.159 e. The fourth-order valence-electron chi connectivity index (χ4n) is 3.22. The number of hydrogen-bond donors (Lipinski definition) is 2. The Bertz CT molecular complexity index is 804. The van der Waals surface area contributed by atoms with Gasteiger partial charge in [0.15, 0.2) is 5.76 Å². The fourth-order valence-corrected chi connectivity index (χ4v) is 4.71. The number of benzene rings is 1. The standard InChI is InChI=1S/C22H31O5S/c1-3-4-6-15-28(25,26)16-7-5-14-27-22-17(2)20(12-13-21(22)24)18-8-10-19(23)11-9-18/h8-12,23-24H,3-7,13-16H2,1-2H3. The van der Waals surface area contributed by atoms with Crippen molar-refractivity contribution in [3.8, 4) is 5.75 Å². The van der Waals surface area contributed by atoms with E-state index in [9.17, 15) is 18.6 Å². The van der Waals surface area contributed by atoms with Crippen LogP contribution in [0.15, 0.2) is 41.4 Å². The van der Waals surface area contributed by atoms with E-state index in [1.165, 1.54) is 0 Å². The van der Waals surface area contributed by atoms with Crippen molar-refractivity contribution in [3.63, 3.8) is 0 Å². The first-order valence-electron chi connectivity index (χ1n) is 9.93. The number of hydrogen-bond acceptors (Lipinski definition) is 5. The van der Waals surface area contributed by atoms with Gasteiger partial charge in [-0.05, 0) is 61.4 Å². The van der Waals surface area contributed by atoms with Crippen molar-refractivity contribution < 1.29 is 23.4 Å². The highest BCUT2D eigenvalue weighted by Gasteiger charge is 2.21. The molecule has 6 heteroatoms. The quantitative estimate of drug-likeness (QED) is 0.507. The maximum absolute atomic E-state index is 12.0. The lowest BCUT2D eigenvalue weighted by atomic mass is 9.90. The van der Waals surface area contributed by atoms with Crippen molar-refractivity contribution in [2.24, 2.45) is 0 Å². The Balaban J connectivity index is 1.88. The van der Waals surface area contributed by atoms with Gasteiger partial charge in [0.1, 0.15) is 21.3 Å². The zero-order chi connectivity index (χ0) is 20.6. The SMILES string of the molecule is CCCCCS(=O)(=O)CCCCOC1=C(O)C[CH]C(c2ccc(O)cc2)=C1C. The first-order chi connectivity index (χ1) is 13.3. The van der Waals surface area contributed by atoms with E-state index < -0.39 is 9.84 Å². The average molecular weight is 408 g/mol. The van der Waals surface area contributed by atoms with Crippen LogP contribution in [0.1, 0.15) is 57.9 Å². The molecule has 0 spiro atoms. The molecule has 0 bridgehead atoms. The van der Waals surface area contributed by atoms with Gasteiger partial charge in [0.05, 0.1) is 18.1 Å². The van der Waals surface area contributed by atoms with E-state index >= 15 is 0 Å². The van der Waals surface area contributed by atoms with Crippen LogP contribution in [-0.2, 0) is 14.6 Å². The van der Waals surface area contributed by atoms with E-state index in [1.807, 2.05) is 25.5 Å². The summed E-state index contributed by atoms with van der Waals surface area (Å²) in [6.45, 7) is 4.31. The molecule has 1 radical (unpaired) electrons. The van der Waals surface area contributed by atoms with Crippen LogP contribution in [0.25, 0.3) is 5.57 Å². The molecular formula is C22H31O5S. The zero-order valence-electron chi connectivity index (χ0n) is 16.8. The molecule has 5 nitrogen and oxygen atoms in total. The van der Waals surface area contributed by atoms with E-state index in [4.69, 9.17) is 4.74 Å². The number of phenols is 1. The number of allylic oxidation sites excluding steroid dienone is 3. The van der Waals surface area contributed by atoms with Gasteiger partial charge < -0.3 is 14.9 Å². The van der Waals surface area contributed by atoms with Crippen LogP contribution in [-0.4, -0.2) is 36.7 Å². The number of unbranched alkanes of at least 4 members (excludes halogenated alkanes) is 3. The molecule has 0 aromatic heterocycles. The summed E-state index contributed by atoms with van der Waals surface area (Å²) in [5.74, 6) is 1.31. The summed E-state index contributed by atoms with van der Waals surface area (Å²) in [6, 6.07) is 6.91. The van der Waals surface area contributed by atoms with Gasteiger partial charge in [-0.2, -0.15) is 0 Å². The minimum absolute atomic E-state index is 0.187. The minimum Gasteiger partial charge on any atom is -0.508 e. The second kappa shape index (κ2) is 10.6. The summed E-state index contributed by atoms with van der Waals surface area (Å²) in [5.41, 5.74) is 2.75. The third kappa shape index (κ3) is 6.59. The number of sulfone groups is 1. The van der Waals surface area contributed by atoms with Gasteiger partial charge in [-0.15, -0.1) is 0 Å². The molecule has 0 saturated carbocycles. The summed E-state index contributed by atoms with van der Waals surface area (Å²) in [6.07, 6.45) is 6.19. The molecule has 0 amide bonds. The van der Waals surface area contributed by atoms with Crippen LogP contribution in [0.2, 0.25) is 0 Å². The van der Waals surface area contributed by atoms with Gasteiger partial charge in [-0.25, -0.2) is 8.42 Å². The second-order valence-electron chi connectivity index (χ2n) is 7.18. The number of phenolic OH excluding ortho intramolecular Hbond substituents is 1. The number of ether oxygens (including phenoxy) is 1. The lowest BCUT2D eigenvalue weighted by molar-refractivity contribution is 0.192. The summed E-state index contributed by atoms with van der Waals surface area (Å²) >= 11 is 0. The highest BCUT2D eigenvalue weighted by atomic mass is 32.2. The maximum atomic E-state index is 12.0. The van der Waals surface area contributed by atoms with Crippen molar-refractivity contribution in [2.75, 3.05) is 18.1 Å². The predicted octanol–water partition coefficient (Wildman–Crippen LogP) is 4.95. The first-order valence-corrected chi connectivity index (χ1v) is 11.8. The van der Waals surface area contributed by atoms with Crippen LogP contribution in [0.5, 0.6) is 5.75 Å². The Labute approximate surface area is 168 Å². The molecule has 0 unspecified atom stereocenters. The Morgan fingerprint density at radius 3 is 2.29 bits per heavy atom. The molecule has 28 heavy (non-hydrogen) atoms. The average Bonchev–Trinajstić information content (AvgIpc) is 2.65. The van der Waals surface area contributed by atoms with Crippen molar-refractivity contribution >= 4 is 15.4 Å². The van der Waals surface area contributed by atoms with Crippen molar-refractivity contribution in [3.05, 3.63) is 53.3 Å². The summed E-state index contributed by atoms with van der Waals surface area (Å²) < 4.78 is 29.8. The molecule has 0 saturated heterocycles. The molecule has 155 valence electrons. The smallest absolute Gasteiger partial charge is 0.159 e.